The number of hydrogen-bond donors (Lipinski definition) is 2. The average molecular weight is 522 g/mol. The number of phenolic OH excluding ortho intramolecular Hbond substituents is 1. The van der Waals surface area contributed by atoms with Crippen LogP contribution < -0.4 is 9.64 Å². The van der Waals surface area contributed by atoms with Gasteiger partial charge in [0.05, 0.1) is 38.8 Å². The van der Waals surface area contributed by atoms with Crippen molar-refractivity contribution in [2.45, 2.75) is 19.9 Å². The lowest BCUT2D eigenvalue weighted by molar-refractivity contribution is -0.117. The molecule has 3 heterocycles. The van der Waals surface area contributed by atoms with Crippen LogP contribution in [0.3, 0.4) is 0 Å². The number of hydrogen-bond acceptors (Lipinski definition) is 9. The van der Waals surface area contributed by atoms with Crippen LogP contribution >= 0.6 is 38.6 Å². The van der Waals surface area contributed by atoms with Gasteiger partial charge in [-0.15, -0.1) is 22.7 Å². The normalized spacial score (nSPS) is 16.3. The van der Waals surface area contributed by atoms with Gasteiger partial charge in [-0.3, -0.25) is 14.5 Å². The Morgan fingerprint density at radius 1 is 1.29 bits per heavy atom. The fourth-order valence-electron chi connectivity index (χ4n) is 3.46. The molecular formula is C20H16BrN3O5S2. The van der Waals surface area contributed by atoms with Gasteiger partial charge < -0.3 is 14.9 Å². The summed E-state index contributed by atoms with van der Waals surface area (Å²) in [4.78, 5) is 36.7. The summed E-state index contributed by atoms with van der Waals surface area (Å²) in [7, 11) is 1.40. The summed E-state index contributed by atoms with van der Waals surface area (Å²) in [5.41, 5.74) is 0.902. The van der Waals surface area contributed by atoms with Crippen LogP contribution in [0.1, 0.15) is 32.0 Å². The predicted molar refractivity (Wildman–Crippen MR) is 120 cm³/mol. The number of ketones is 1. The van der Waals surface area contributed by atoms with E-state index >= 15 is 0 Å². The minimum Gasteiger partial charge on any atom is -0.503 e. The first-order valence-electron chi connectivity index (χ1n) is 8.95. The van der Waals surface area contributed by atoms with Crippen LogP contribution in [0.15, 0.2) is 39.5 Å². The number of aliphatic hydroxyl groups is 1. The van der Waals surface area contributed by atoms with Gasteiger partial charge in [-0.2, -0.15) is 0 Å². The number of benzene rings is 1. The Morgan fingerprint density at radius 2 is 2.03 bits per heavy atom. The highest BCUT2D eigenvalue weighted by atomic mass is 79.9. The Balaban J connectivity index is 1.94. The Hall–Kier alpha value is -2.76. The number of aromatic hydroxyl groups is 1. The highest BCUT2D eigenvalue weighted by Gasteiger charge is 2.46. The van der Waals surface area contributed by atoms with E-state index < -0.39 is 23.5 Å². The van der Waals surface area contributed by atoms with Crippen LogP contribution in [0, 0.1) is 13.8 Å². The first-order valence-corrected chi connectivity index (χ1v) is 11.4. The number of aryl methyl sites for hydroxylation is 2. The zero-order valence-electron chi connectivity index (χ0n) is 16.5. The van der Waals surface area contributed by atoms with E-state index in [-0.39, 0.29) is 17.1 Å². The van der Waals surface area contributed by atoms with Gasteiger partial charge in [0.25, 0.3) is 5.91 Å². The number of nitrogens with zero attached hydrogens (tertiary/aromatic N) is 3. The molecule has 1 aromatic carbocycles. The van der Waals surface area contributed by atoms with E-state index in [1.54, 1.807) is 25.3 Å². The third-order valence-electron chi connectivity index (χ3n) is 4.77. The van der Waals surface area contributed by atoms with Crippen molar-refractivity contribution in [1.29, 1.82) is 0 Å². The van der Waals surface area contributed by atoms with Crippen molar-refractivity contribution in [3.8, 4) is 11.5 Å². The highest BCUT2D eigenvalue weighted by Crippen LogP contribution is 2.46. The molecule has 0 saturated carbocycles. The van der Waals surface area contributed by atoms with Crippen LogP contribution in [0.25, 0.3) is 0 Å². The smallest absolute Gasteiger partial charge is 0.296 e. The van der Waals surface area contributed by atoms with Crippen molar-refractivity contribution in [2.24, 2.45) is 0 Å². The number of carbonyl (C=O) groups excluding carboxylic acids is 2. The number of ether oxygens (including phenoxy) is 1. The molecule has 4 rings (SSSR count). The number of aromatic nitrogens is 2. The molecule has 1 aliphatic rings. The van der Waals surface area contributed by atoms with E-state index in [9.17, 15) is 19.8 Å². The van der Waals surface area contributed by atoms with Crippen molar-refractivity contribution in [3.63, 3.8) is 0 Å². The molecule has 8 nitrogen and oxygen atoms in total. The number of aliphatic hydroxyl groups excluding tert-OH is 1. The summed E-state index contributed by atoms with van der Waals surface area (Å²) in [5, 5.41) is 23.7. The average Bonchev–Trinajstić information content (AvgIpc) is 3.43. The minimum absolute atomic E-state index is 0.0772. The molecule has 1 unspecified atom stereocenters. The van der Waals surface area contributed by atoms with Gasteiger partial charge in [0.15, 0.2) is 22.4 Å². The Bertz CT molecular complexity index is 1240. The fourth-order valence-corrected chi connectivity index (χ4v) is 5.46. The van der Waals surface area contributed by atoms with Gasteiger partial charge >= 0.3 is 0 Å². The molecule has 2 aromatic heterocycles. The summed E-state index contributed by atoms with van der Waals surface area (Å²) >= 11 is 5.68. The largest absolute Gasteiger partial charge is 0.503 e. The zero-order chi connectivity index (χ0) is 22.4. The fraction of sp³-hybridized carbons (Fsp3) is 0.200. The van der Waals surface area contributed by atoms with Crippen LogP contribution in [-0.4, -0.2) is 39.0 Å². The maximum absolute atomic E-state index is 13.5. The van der Waals surface area contributed by atoms with Gasteiger partial charge in [-0.25, -0.2) is 9.97 Å². The molecule has 31 heavy (non-hydrogen) atoms. The van der Waals surface area contributed by atoms with E-state index in [1.165, 1.54) is 46.9 Å². The van der Waals surface area contributed by atoms with E-state index in [1.807, 2.05) is 0 Å². The third kappa shape index (κ3) is 3.52. The van der Waals surface area contributed by atoms with Crippen LogP contribution in [-0.2, 0) is 4.79 Å². The second-order valence-electron chi connectivity index (χ2n) is 6.68. The van der Waals surface area contributed by atoms with Crippen LogP contribution in [0.2, 0.25) is 0 Å². The van der Waals surface area contributed by atoms with E-state index in [0.717, 1.165) is 0 Å². The number of carbonyl (C=O) groups is 2. The molecular weight excluding hydrogens is 506 g/mol. The SMILES string of the molecule is COc1cc(C2C(C(=O)c3sc(C)nc3C)=C(O)C(=O)N2c2nccs2)cc(Br)c1O. The minimum atomic E-state index is -0.973. The van der Waals surface area contributed by atoms with Crippen molar-refractivity contribution in [2.75, 3.05) is 12.0 Å². The molecule has 0 radical (unpaired) electrons. The number of anilines is 1. The second kappa shape index (κ2) is 8.06. The molecule has 0 saturated heterocycles. The number of methoxy groups -OCH3 is 1. The van der Waals surface area contributed by atoms with Crippen molar-refractivity contribution < 1.29 is 24.5 Å². The van der Waals surface area contributed by atoms with Crippen molar-refractivity contribution in [3.05, 3.63) is 60.7 Å². The standard InChI is InChI=1S/C20H16BrN3O5S2/c1-8-18(31-9(2)23-8)16(26)13-14(10-6-11(21)15(25)12(7-10)29-3)24(19(28)17(13)27)20-22-4-5-30-20/h4-7,14,25,27H,1-3H3. The van der Waals surface area contributed by atoms with Gasteiger partial charge in [0, 0.05) is 11.6 Å². The Labute approximate surface area is 193 Å². The van der Waals surface area contributed by atoms with Gasteiger partial charge in [0.2, 0.25) is 5.78 Å². The van der Waals surface area contributed by atoms with E-state index in [4.69, 9.17) is 4.74 Å². The summed E-state index contributed by atoms with van der Waals surface area (Å²) in [5.74, 6) is -1.82. The topological polar surface area (TPSA) is 113 Å². The third-order valence-corrected chi connectivity index (χ3v) is 7.22. The van der Waals surface area contributed by atoms with Gasteiger partial charge in [0.1, 0.15) is 0 Å². The maximum Gasteiger partial charge on any atom is 0.296 e. The Morgan fingerprint density at radius 3 is 2.61 bits per heavy atom. The molecule has 3 aromatic rings. The molecule has 11 heteroatoms. The lowest BCUT2D eigenvalue weighted by Gasteiger charge is -2.25. The van der Waals surface area contributed by atoms with Crippen LogP contribution in [0.4, 0.5) is 5.13 Å². The molecule has 0 bridgehead atoms. The molecule has 0 spiro atoms. The number of Topliss-reactive ketones (excluding diaryl/α,β-unsaturated/α-hetero) is 1. The summed E-state index contributed by atoms with van der Waals surface area (Å²) in [6, 6.07) is 2.13. The van der Waals surface area contributed by atoms with Gasteiger partial charge in [-0.1, -0.05) is 0 Å². The summed E-state index contributed by atoms with van der Waals surface area (Å²) < 4.78 is 5.56. The number of rotatable bonds is 5. The molecule has 1 aliphatic heterocycles. The molecule has 2 N–H and O–H groups in total. The second-order valence-corrected chi connectivity index (χ2v) is 9.62. The quantitative estimate of drug-likeness (QED) is 0.476. The monoisotopic (exact) mass is 521 g/mol. The summed E-state index contributed by atoms with van der Waals surface area (Å²) in [6.45, 7) is 3.49. The van der Waals surface area contributed by atoms with Crippen molar-refractivity contribution in [1.82, 2.24) is 9.97 Å². The highest BCUT2D eigenvalue weighted by molar-refractivity contribution is 9.10. The number of phenols is 1. The molecule has 1 amide bonds. The molecule has 0 aliphatic carbocycles. The number of thiazole rings is 2. The zero-order valence-corrected chi connectivity index (χ0v) is 19.8. The van der Waals surface area contributed by atoms with Crippen LogP contribution in [0.5, 0.6) is 11.5 Å². The Kier molecular flexibility index (Phi) is 5.58. The van der Waals surface area contributed by atoms with Gasteiger partial charge in [-0.05, 0) is 47.5 Å². The first-order chi connectivity index (χ1) is 14.7. The lowest BCUT2D eigenvalue weighted by atomic mass is 9.95. The maximum atomic E-state index is 13.5. The van der Waals surface area contributed by atoms with E-state index in [0.29, 0.717) is 30.7 Å². The molecule has 1 atom stereocenters. The first kappa shape index (κ1) is 21.5. The molecule has 160 valence electrons. The van der Waals surface area contributed by atoms with Crippen molar-refractivity contribution >= 4 is 55.4 Å². The van der Waals surface area contributed by atoms with E-state index in [2.05, 4.69) is 25.9 Å². The lowest BCUT2D eigenvalue weighted by Crippen LogP contribution is -2.31. The summed E-state index contributed by atoms with van der Waals surface area (Å²) in [6.07, 6.45) is 1.53. The number of amides is 1. The molecule has 0 fully saturated rings. The predicted octanol–water partition coefficient (Wildman–Crippen LogP) is 4.48. The number of halogens is 1.